The second-order valence-electron chi connectivity index (χ2n) is 5.92. The van der Waals surface area contributed by atoms with Crippen LogP contribution in [0.1, 0.15) is 18.4 Å². The maximum atomic E-state index is 12.6. The van der Waals surface area contributed by atoms with Gasteiger partial charge in [-0.1, -0.05) is 0 Å². The van der Waals surface area contributed by atoms with Crippen LogP contribution in [0.15, 0.2) is 52.3 Å². The van der Waals surface area contributed by atoms with Crippen LogP contribution in [0.4, 0.5) is 11.4 Å². The Bertz CT molecular complexity index is 980. The van der Waals surface area contributed by atoms with Gasteiger partial charge in [-0.2, -0.15) is 5.26 Å². The van der Waals surface area contributed by atoms with Crippen molar-refractivity contribution in [3.05, 3.63) is 48.0 Å². The fraction of sp³-hybridized carbons (Fsp3) is 0.222. The van der Waals surface area contributed by atoms with Gasteiger partial charge in [0, 0.05) is 23.5 Å². The lowest BCUT2D eigenvalue weighted by molar-refractivity contribution is -0.117. The summed E-state index contributed by atoms with van der Waals surface area (Å²) < 4.78 is 27.8. The van der Waals surface area contributed by atoms with Crippen LogP contribution >= 0.6 is 11.8 Å². The Balaban J connectivity index is 1.80. The van der Waals surface area contributed by atoms with Gasteiger partial charge in [0.25, 0.3) is 10.0 Å². The molecule has 8 heteroatoms. The second-order valence-corrected chi connectivity index (χ2v) is 8.46. The van der Waals surface area contributed by atoms with Crippen LogP contribution in [0.2, 0.25) is 0 Å². The Morgan fingerprint density at radius 2 is 1.92 bits per heavy atom. The number of hydrogen-bond acceptors (Lipinski definition) is 5. The number of anilines is 2. The molecule has 1 heterocycles. The van der Waals surface area contributed by atoms with Crippen LogP contribution in [0.25, 0.3) is 0 Å². The molecule has 0 spiro atoms. The van der Waals surface area contributed by atoms with E-state index in [0.717, 1.165) is 28.6 Å². The molecule has 0 aromatic heterocycles. The number of benzene rings is 2. The van der Waals surface area contributed by atoms with Crippen LogP contribution in [0.5, 0.6) is 0 Å². The molecule has 6 nitrogen and oxygen atoms in total. The number of aryl methyl sites for hydroxylation is 1. The largest absolute Gasteiger partial charge is 0.312 e. The number of amides is 1. The van der Waals surface area contributed by atoms with Gasteiger partial charge >= 0.3 is 0 Å². The molecule has 134 valence electrons. The molecule has 0 radical (unpaired) electrons. The van der Waals surface area contributed by atoms with Gasteiger partial charge in [-0.05, 0) is 73.1 Å². The van der Waals surface area contributed by atoms with E-state index in [2.05, 4.69) is 4.72 Å². The number of hydrogen-bond donors (Lipinski definition) is 1. The Morgan fingerprint density at radius 3 is 2.50 bits per heavy atom. The average molecular weight is 387 g/mol. The fourth-order valence-corrected chi connectivity index (χ4v) is 4.40. The first-order chi connectivity index (χ1) is 12.4. The summed E-state index contributed by atoms with van der Waals surface area (Å²) in [5.41, 5.74) is 1.90. The standard InChI is InChI=1S/C18H17N3O3S2/c1-13-11-15(25-12-19)6-9-17(13)20-26(23,24)16-7-4-14(5-8-16)21-10-2-3-18(21)22/h4-9,11,20H,2-3,10H2,1H3. The molecule has 2 aromatic rings. The number of carbonyl (C=O) groups is 1. The fourth-order valence-electron chi connectivity index (χ4n) is 2.80. The van der Waals surface area contributed by atoms with Crippen LogP contribution in [-0.2, 0) is 14.8 Å². The summed E-state index contributed by atoms with van der Waals surface area (Å²) >= 11 is 1.02. The highest BCUT2D eigenvalue weighted by atomic mass is 32.2. The SMILES string of the molecule is Cc1cc(SC#N)ccc1NS(=O)(=O)c1ccc(N2CCCC2=O)cc1. The van der Waals surface area contributed by atoms with Gasteiger partial charge in [0.2, 0.25) is 5.91 Å². The molecule has 0 saturated carbocycles. The average Bonchev–Trinajstić information content (AvgIpc) is 3.04. The topological polar surface area (TPSA) is 90.3 Å². The maximum absolute atomic E-state index is 12.6. The lowest BCUT2D eigenvalue weighted by Gasteiger charge is -2.16. The normalized spacial score (nSPS) is 14.3. The summed E-state index contributed by atoms with van der Waals surface area (Å²) in [5, 5.41) is 10.7. The lowest BCUT2D eigenvalue weighted by Crippen LogP contribution is -2.23. The second kappa shape index (κ2) is 7.40. The minimum Gasteiger partial charge on any atom is -0.312 e. The number of thioether (sulfide) groups is 1. The van der Waals surface area contributed by atoms with Crippen LogP contribution < -0.4 is 9.62 Å². The van der Waals surface area contributed by atoms with Crippen LogP contribution in [-0.4, -0.2) is 20.9 Å². The molecule has 0 atom stereocenters. The van der Waals surface area contributed by atoms with E-state index in [1.807, 2.05) is 5.40 Å². The van der Waals surface area contributed by atoms with Crippen molar-refractivity contribution in [2.24, 2.45) is 0 Å². The molecule has 0 bridgehead atoms. The maximum Gasteiger partial charge on any atom is 0.261 e. The number of carbonyl (C=O) groups excluding carboxylic acids is 1. The summed E-state index contributed by atoms with van der Waals surface area (Å²) in [5.74, 6) is 0.0599. The van der Waals surface area contributed by atoms with Crippen molar-refractivity contribution in [2.75, 3.05) is 16.2 Å². The summed E-state index contributed by atoms with van der Waals surface area (Å²) in [6.07, 6.45) is 1.35. The van der Waals surface area contributed by atoms with Gasteiger partial charge < -0.3 is 4.90 Å². The van der Waals surface area contributed by atoms with Crippen molar-refractivity contribution in [2.45, 2.75) is 29.6 Å². The first-order valence-electron chi connectivity index (χ1n) is 8.00. The number of nitrogens with one attached hydrogen (secondary N) is 1. The summed E-state index contributed by atoms with van der Waals surface area (Å²) in [6, 6.07) is 11.4. The van der Waals surface area contributed by atoms with Crippen molar-refractivity contribution < 1.29 is 13.2 Å². The molecule has 1 aliphatic rings. The summed E-state index contributed by atoms with van der Waals surface area (Å²) in [7, 11) is -3.74. The predicted molar refractivity (Wildman–Crippen MR) is 101 cm³/mol. The van der Waals surface area contributed by atoms with E-state index in [-0.39, 0.29) is 10.8 Å². The van der Waals surface area contributed by atoms with Crippen molar-refractivity contribution in [1.82, 2.24) is 0 Å². The minimum absolute atomic E-state index is 0.0599. The van der Waals surface area contributed by atoms with Crippen molar-refractivity contribution >= 4 is 39.1 Å². The minimum atomic E-state index is -3.74. The quantitative estimate of drug-likeness (QED) is 0.626. The molecule has 2 aromatic carbocycles. The Hall–Kier alpha value is -2.50. The molecular formula is C18H17N3O3S2. The molecule has 1 amide bonds. The third-order valence-electron chi connectivity index (χ3n) is 4.14. The van der Waals surface area contributed by atoms with Gasteiger partial charge in [-0.25, -0.2) is 8.42 Å². The van der Waals surface area contributed by atoms with Gasteiger partial charge in [-0.15, -0.1) is 0 Å². The highest BCUT2D eigenvalue weighted by Gasteiger charge is 2.22. The first kappa shape index (κ1) is 18.3. The van der Waals surface area contributed by atoms with Crippen LogP contribution in [0.3, 0.4) is 0 Å². The van der Waals surface area contributed by atoms with E-state index in [9.17, 15) is 13.2 Å². The van der Waals surface area contributed by atoms with Gasteiger partial charge in [-0.3, -0.25) is 9.52 Å². The highest BCUT2D eigenvalue weighted by Crippen LogP contribution is 2.27. The molecule has 26 heavy (non-hydrogen) atoms. The van der Waals surface area contributed by atoms with E-state index in [1.165, 1.54) is 12.1 Å². The Kier molecular flexibility index (Phi) is 5.20. The first-order valence-corrected chi connectivity index (χ1v) is 10.3. The zero-order chi connectivity index (χ0) is 18.7. The number of nitriles is 1. The van der Waals surface area contributed by atoms with Crippen molar-refractivity contribution in [3.63, 3.8) is 0 Å². The molecule has 3 rings (SSSR count). The number of sulfonamides is 1. The van der Waals surface area contributed by atoms with Crippen LogP contribution in [0, 0.1) is 17.6 Å². The lowest BCUT2D eigenvalue weighted by atomic mass is 10.2. The predicted octanol–water partition coefficient (Wildman–Crippen LogP) is 3.50. The van der Waals surface area contributed by atoms with Gasteiger partial charge in [0.1, 0.15) is 5.40 Å². The third-order valence-corrected chi connectivity index (χ3v) is 6.10. The Morgan fingerprint density at radius 1 is 1.19 bits per heavy atom. The molecule has 1 fully saturated rings. The van der Waals surface area contributed by atoms with E-state index < -0.39 is 10.0 Å². The van der Waals surface area contributed by atoms with Crippen molar-refractivity contribution in [3.8, 4) is 5.40 Å². The smallest absolute Gasteiger partial charge is 0.261 e. The van der Waals surface area contributed by atoms with E-state index >= 15 is 0 Å². The van der Waals surface area contributed by atoms with E-state index in [1.54, 1.807) is 42.2 Å². The zero-order valence-electron chi connectivity index (χ0n) is 14.1. The summed E-state index contributed by atoms with van der Waals surface area (Å²) in [6.45, 7) is 2.44. The zero-order valence-corrected chi connectivity index (χ0v) is 15.7. The monoisotopic (exact) mass is 387 g/mol. The Labute approximate surface area is 156 Å². The molecule has 0 aliphatic carbocycles. The molecular weight excluding hydrogens is 370 g/mol. The van der Waals surface area contributed by atoms with Crippen molar-refractivity contribution in [1.29, 1.82) is 5.26 Å². The number of rotatable bonds is 5. The molecule has 1 N–H and O–H groups in total. The van der Waals surface area contributed by atoms with Gasteiger partial charge in [0.15, 0.2) is 0 Å². The number of nitrogens with zero attached hydrogens (tertiary/aromatic N) is 2. The van der Waals surface area contributed by atoms with Gasteiger partial charge in [0.05, 0.1) is 10.6 Å². The molecule has 0 unspecified atom stereocenters. The van der Waals surface area contributed by atoms with E-state index in [4.69, 9.17) is 5.26 Å². The van der Waals surface area contributed by atoms with E-state index in [0.29, 0.717) is 24.3 Å². The third kappa shape index (κ3) is 3.84. The highest BCUT2D eigenvalue weighted by molar-refractivity contribution is 8.03. The molecule has 1 aliphatic heterocycles. The number of thiocyanates is 1. The summed E-state index contributed by atoms with van der Waals surface area (Å²) in [4.78, 5) is 14.3. The molecule has 1 saturated heterocycles.